The third-order valence-corrected chi connectivity index (χ3v) is 5.08. The Kier molecular flexibility index (Phi) is 5.10. The molecule has 4 heteroatoms. The molecule has 0 saturated heterocycles. The van der Waals surface area contributed by atoms with E-state index in [9.17, 15) is 5.11 Å². The summed E-state index contributed by atoms with van der Waals surface area (Å²) in [7, 11) is 4.02. The molecule has 1 aliphatic rings. The summed E-state index contributed by atoms with van der Waals surface area (Å²) in [5, 5.41) is 13.8. The van der Waals surface area contributed by atoms with Crippen LogP contribution in [0.3, 0.4) is 0 Å². The maximum atomic E-state index is 10.5. The Morgan fingerprint density at radius 1 is 1.40 bits per heavy atom. The van der Waals surface area contributed by atoms with Gasteiger partial charge in [-0.05, 0) is 44.5 Å². The highest BCUT2D eigenvalue weighted by atomic mass is 79.9. The highest BCUT2D eigenvalue weighted by Crippen LogP contribution is 2.33. The van der Waals surface area contributed by atoms with Gasteiger partial charge in [-0.3, -0.25) is 0 Å². The van der Waals surface area contributed by atoms with Crippen molar-refractivity contribution in [3.05, 3.63) is 28.2 Å². The van der Waals surface area contributed by atoms with E-state index in [-0.39, 0.29) is 0 Å². The van der Waals surface area contributed by atoms with E-state index in [0.717, 1.165) is 35.8 Å². The van der Waals surface area contributed by atoms with Gasteiger partial charge >= 0.3 is 0 Å². The van der Waals surface area contributed by atoms with Crippen LogP contribution in [0.5, 0.6) is 0 Å². The normalized spacial score (nSPS) is 19.1. The zero-order valence-electron chi connectivity index (χ0n) is 12.6. The zero-order valence-corrected chi connectivity index (χ0v) is 14.2. The van der Waals surface area contributed by atoms with E-state index >= 15 is 0 Å². The largest absolute Gasteiger partial charge is 0.388 e. The van der Waals surface area contributed by atoms with Crippen LogP contribution in [-0.4, -0.2) is 31.3 Å². The Morgan fingerprint density at radius 3 is 2.60 bits per heavy atom. The van der Waals surface area contributed by atoms with Crippen molar-refractivity contribution in [2.24, 2.45) is 0 Å². The number of hydrogen-bond acceptors (Lipinski definition) is 3. The molecule has 1 aliphatic carbocycles. The van der Waals surface area contributed by atoms with Crippen LogP contribution >= 0.6 is 15.9 Å². The lowest BCUT2D eigenvalue weighted by Gasteiger charge is -2.30. The average Bonchev–Trinajstić information content (AvgIpc) is 2.84. The number of likely N-dealkylation sites (N-methyl/N-ethyl adjacent to an activating group) is 1. The van der Waals surface area contributed by atoms with Crippen LogP contribution in [0.2, 0.25) is 0 Å². The summed E-state index contributed by atoms with van der Waals surface area (Å²) in [6.07, 6.45) is 4.14. The van der Waals surface area contributed by atoms with Crippen molar-refractivity contribution in [3.63, 3.8) is 0 Å². The van der Waals surface area contributed by atoms with Crippen LogP contribution in [0.25, 0.3) is 0 Å². The molecular weight excluding hydrogens is 316 g/mol. The fourth-order valence-corrected chi connectivity index (χ4v) is 3.69. The lowest BCUT2D eigenvalue weighted by Crippen LogP contribution is -2.39. The van der Waals surface area contributed by atoms with E-state index in [2.05, 4.69) is 58.3 Å². The molecule has 20 heavy (non-hydrogen) atoms. The molecule has 0 amide bonds. The van der Waals surface area contributed by atoms with E-state index in [4.69, 9.17) is 0 Å². The molecule has 0 aromatic heterocycles. The third kappa shape index (κ3) is 3.54. The topological polar surface area (TPSA) is 35.5 Å². The minimum absolute atomic E-state index is 0.322. The second kappa shape index (κ2) is 6.46. The third-order valence-electron chi connectivity index (χ3n) is 4.39. The SMILES string of the molecule is CNC(C)c1ccc(N(C)CC2(O)CCCC2)cc1Br. The quantitative estimate of drug-likeness (QED) is 0.861. The molecular formula is C16H25BrN2O. The van der Waals surface area contributed by atoms with Gasteiger partial charge in [0.1, 0.15) is 0 Å². The molecule has 112 valence electrons. The second-order valence-corrected chi connectivity index (χ2v) is 6.86. The minimum Gasteiger partial charge on any atom is -0.388 e. The van der Waals surface area contributed by atoms with Crippen LogP contribution in [0.1, 0.15) is 44.2 Å². The van der Waals surface area contributed by atoms with Crippen molar-refractivity contribution in [2.75, 3.05) is 25.5 Å². The summed E-state index contributed by atoms with van der Waals surface area (Å²) in [5.74, 6) is 0. The van der Waals surface area contributed by atoms with Gasteiger partial charge in [0.2, 0.25) is 0 Å². The molecule has 1 aromatic carbocycles. The molecule has 1 saturated carbocycles. The molecule has 1 fully saturated rings. The van der Waals surface area contributed by atoms with E-state index in [0.29, 0.717) is 12.6 Å². The number of nitrogens with one attached hydrogen (secondary N) is 1. The highest BCUT2D eigenvalue weighted by molar-refractivity contribution is 9.10. The van der Waals surface area contributed by atoms with Gasteiger partial charge in [0.15, 0.2) is 0 Å². The first-order valence-electron chi connectivity index (χ1n) is 7.35. The molecule has 2 N–H and O–H groups in total. The van der Waals surface area contributed by atoms with Gasteiger partial charge in [-0.25, -0.2) is 0 Å². The maximum Gasteiger partial charge on any atom is 0.0821 e. The Morgan fingerprint density at radius 2 is 2.05 bits per heavy atom. The van der Waals surface area contributed by atoms with Gasteiger partial charge in [0.25, 0.3) is 0 Å². The predicted octanol–water partition coefficient (Wildman–Crippen LogP) is 3.47. The van der Waals surface area contributed by atoms with Crippen molar-refractivity contribution >= 4 is 21.6 Å². The fraction of sp³-hybridized carbons (Fsp3) is 0.625. The van der Waals surface area contributed by atoms with Crippen molar-refractivity contribution in [1.29, 1.82) is 0 Å². The zero-order chi connectivity index (χ0) is 14.8. The molecule has 3 nitrogen and oxygen atoms in total. The van der Waals surface area contributed by atoms with E-state index in [1.165, 1.54) is 5.56 Å². The number of nitrogens with zero attached hydrogens (tertiary/aromatic N) is 1. The number of benzene rings is 1. The molecule has 1 unspecified atom stereocenters. The van der Waals surface area contributed by atoms with Crippen LogP contribution < -0.4 is 10.2 Å². The first kappa shape index (κ1) is 15.8. The molecule has 2 rings (SSSR count). The van der Waals surface area contributed by atoms with E-state index in [1.54, 1.807) is 0 Å². The highest BCUT2D eigenvalue weighted by Gasteiger charge is 2.32. The summed E-state index contributed by atoms with van der Waals surface area (Å²) in [4.78, 5) is 2.16. The van der Waals surface area contributed by atoms with Gasteiger partial charge in [0.05, 0.1) is 5.60 Å². The molecule has 0 radical (unpaired) electrons. The Hall–Kier alpha value is -0.580. The van der Waals surface area contributed by atoms with Crippen LogP contribution in [0.15, 0.2) is 22.7 Å². The first-order valence-corrected chi connectivity index (χ1v) is 8.15. The van der Waals surface area contributed by atoms with E-state index in [1.807, 2.05) is 7.05 Å². The molecule has 1 aromatic rings. The Bertz CT molecular complexity index is 458. The van der Waals surface area contributed by atoms with Crippen LogP contribution in [0.4, 0.5) is 5.69 Å². The summed E-state index contributed by atoms with van der Waals surface area (Å²) >= 11 is 3.65. The average molecular weight is 341 g/mol. The minimum atomic E-state index is -0.502. The Balaban J connectivity index is 2.10. The lowest BCUT2D eigenvalue weighted by molar-refractivity contribution is 0.0559. The Labute approximate surface area is 130 Å². The monoisotopic (exact) mass is 340 g/mol. The van der Waals surface area contributed by atoms with Crippen molar-refractivity contribution in [1.82, 2.24) is 5.32 Å². The molecule has 1 atom stereocenters. The summed E-state index contributed by atoms with van der Waals surface area (Å²) < 4.78 is 1.11. The molecule has 0 heterocycles. The van der Waals surface area contributed by atoms with Gasteiger partial charge in [0, 0.05) is 29.8 Å². The predicted molar refractivity (Wildman–Crippen MR) is 88.3 cm³/mol. The summed E-state index contributed by atoms with van der Waals surface area (Å²) in [6.45, 7) is 2.85. The van der Waals surface area contributed by atoms with Gasteiger partial charge < -0.3 is 15.3 Å². The molecule has 0 spiro atoms. The summed E-state index contributed by atoms with van der Waals surface area (Å²) in [5.41, 5.74) is 1.89. The van der Waals surface area contributed by atoms with Crippen molar-refractivity contribution in [3.8, 4) is 0 Å². The maximum absolute atomic E-state index is 10.5. The number of anilines is 1. The van der Waals surface area contributed by atoms with Crippen LogP contribution in [-0.2, 0) is 0 Å². The first-order chi connectivity index (χ1) is 9.45. The number of halogens is 1. The smallest absolute Gasteiger partial charge is 0.0821 e. The lowest BCUT2D eigenvalue weighted by atomic mass is 10.0. The van der Waals surface area contributed by atoms with E-state index < -0.39 is 5.60 Å². The fourth-order valence-electron chi connectivity index (χ4n) is 2.98. The van der Waals surface area contributed by atoms with Crippen LogP contribution in [0, 0.1) is 0 Å². The number of hydrogen-bond donors (Lipinski definition) is 2. The van der Waals surface area contributed by atoms with Crippen molar-refractivity contribution < 1.29 is 5.11 Å². The van der Waals surface area contributed by atoms with Gasteiger partial charge in [-0.15, -0.1) is 0 Å². The molecule has 0 aliphatic heterocycles. The standard InChI is InChI=1S/C16H25BrN2O/c1-12(18-2)14-7-6-13(10-15(14)17)19(3)11-16(20)8-4-5-9-16/h6-7,10,12,18,20H,4-5,8-9,11H2,1-3H3. The second-order valence-electron chi connectivity index (χ2n) is 6.00. The number of rotatable bonds is 5. The van der Waals surface area contributed by atoms with Gasteiger partial charge in [-0.2, -0.15) is 0 Å². The summed E-state index contributed by atoms with van der Waals surface area (Å²) in [6, 6.07) is 6.74. The molecule has 0 bridgehead atoms. The number of aliphatic hydroxyl groups is 1. The van der Waals surface area contributed by atoms with Crippen molar-refractivity contribution in [2.45, 2.75) is 44.2 Å². The van der Waals surface area contributed by atoms with Gasteiger partial charge in [-0.1, -0.05) is 34.8 Å².